The molecule has 0 fully saturated rings. The highest BCUT2D eigenvalue weighted by Gasteiger charge is 2.06. The van der Waals surface area contributed by atoms with Gasteiger partial charge in [0.2, 0.25) is 0 Å². The fourth-order valence-corrected chi connectivity index (χ4v) is 2.22. The molecule has 1 heterocycles. The average molecular weight is 331 g/mol. The fourth-order valence-electron chi connectivity index (χ4n) is 2.03. The van der Waals surface area contributed by atoms with E-state index in [1.807, 2.05) is 48.5 Å². The Morgan fingerprint density at radius 1 is 1.09 bits per heavy atom. The third kappa shape index (κ3) is 3.70. The molecule has 0 saturated carbocycles. The normalized spacial score (nSPS) is 10.5. The predicted octanol–water partition coefficient (Wildman–Crippen LogP) is 2.23. The van der Waals surface area contributed by atoms with E-state index >= 15 is 0 Å². The van der Waals surface area contributed by atoms with Crippen LogP contribution < -0.4 is 15.9 Å². The highest BCUT2D eigenvalue weighted by Crippen LogP contribution is 2.22. The molecule has 3 N–H and O–H groups in total. The van der Waals surface area contributed by atoms with E-state index in [0.29, 0.717) is 18.2 Å². The van der Waals surface area contributed by atoms with Gasteiger partial charge in [0.15, 0.2) is 0 Å². The smallest absolute Gasteiger partial charge is 0.260 e. The third-order valence-corrected chi connectivity index (χ3v) is 3.60. The van der Waals surface area contributed by atoms with Crippen molar-refractivity contribution in [2.45, 2.75) is 13.2 Å². The molecule has 0 saturated heterocycles. The van der Waals surface area contributed by atoms with Crippen LogP contribution in [0.25, 0.3) is 0 Å². The van der Waals surface area contributed by atoms with Crippen LogP contribution in [0.15, 0.2) is 48.5 Å². The second kappa shape index (κ2) is 6.97. The molecule has 0 radical (unpaired) electrons. The first-order valence-corrected chi connectivity index (χ1v) is 7.33. The minimum atomic E-state index is 0.194. The van der Waals surface area contributed by atoms with Crippen molar-refractivity contribution in [3.63, 3.8) is 0 Å². The molecule has 0 amide bonds. The molecule has 0 aliphatic heterocycles. The highest BCUT2D eigenvalue weighted by atomic mass is 35.5. The summed E-state index contributed by atoms with van der Waals surface area (Å²) < 4.78 is 5.89. The maximum atomic E-state index is 6.14. The number of nitrogens with zero attached hydrogens (tertiary/aromatic N) is 4. The summed E-state index contributed by atoms with van der Waals surface area (Å²) in [4.78, 5) is 1.31. The second-order valence-corrected chi connectivity index (χ2v) is 5.18. The molecule has 0 bridgehead atoms. The van der Waals surface area contributed by atoms with Crippen LogP contribution in [-0.4, -0.2) is 20.3 Å². The summed E-state index contributed by atoms with van der Waals surface area (Å²) in [5.74, 6) is 0.950. The van der Waals surface area contributed by atoms with Crippen molar-refractivity contribution < 1.29 is 4.74 Å². The molecule has 23 heavy (non-hydrogen) atoms. The van der Waals surface area contributed by atoms with Gasteiger partial charge in [-0.15, -0.1) is 4.79 Å². The number of hydrogen-bond donors (Lipinski definition) is 2. The van der Waals surface area contributed by atoms with Crippen molar-refractivity contribution in [1.29, 1.82) is 0 Å². The van der Waals surface area contributed by atoms with Crippen LogP contribution in [0.3, 0.4) is 0 Å². The Kier molecular flexibility index (Phi) is 4.58. The van der Waals surface area contributed by atoms with E-state index in [1.54, 1.807) is 0 Å². The van der Waals surface area contributed by atoms with Crippen molar-refractivity contribution in [3.8, 4) is 5.75 Å². The summed E-state index contributed by atoms with van der Waals surface area (Å²) in [5, 5.41) is 11.5. The first-order chi connectivity index (χ1) is 11.2. The number of para-hydroxylation sites is 1. The molecule has 7 nitrogen and oxygen atoms in total. The van der Waals surface area contributed by atoms with E-state index in [-0.39, 0.29) is 5.95 Å². The van der Waals surface area contributed by atoms with Crippen LogP contribution >= 0.6 is 11.6 Å². The minimum absolute atomic E-state index is 0.194. The number of aromatic nitrogens is 4. The summed E-state index contributed by atoms with van der Waals surface area (Å²) >= 11 is 6.14. The van der Waals surface area contributed by atoms with E-state index in [4.69, 9.17) is 22.1 Å². The number of nitrogens with two attached hydrogens (primary N) is 1. The number of nitrogen functional groups attached to an aromatic ring is 1. The molecule has 3 aromatic rings. The Bertz CT molecular complexity index is 791. The lowest BCUT2D eigenvalue weighted by molar-refractivity contribution is 0.303. The lowest BCUT2D eigenvalue weighted by Gasteiger charge is -2.13. The molecule has 0 unspecified atom stereocenters. The monoisotopic (exact) mass is 330 g/mol. The molecule has 0 atom stereocenters. The molecular formula is C15H15ClN6O. The van der Waals surface area contributed by atoms with E-state index in [9.17, 15) is 0 Å². The highest BCUT2D eigenvalue weighted by molar-refractivity contribution is 6.31. The third-order valence-electron chi connectivity index (χ3n) is 3.23. The number of rotatable bonds is 6. The molecule has 1 aromatic heterocycles. The summed E-state index contributed by atoms with van der Waals surface area (Å²) in [6, 6.07) is 15.3. The standard InChI is InChI=1S/C15H15ClN6O/c16-13-7-3-1-6-12(13)10-23-14-8-4-2-5-11(14)9-18-22-15(17)19-20-21-22/h1-8,18H,9-10H2,(H2,17,19,21). The molecule has 118 valence electrons. The van der Waals surface area contributed by atoms with Crippen LogP contribution in [0.5, 0.6) is 5.75 Å². The number of anilines is 1. The number of tetrazole rings is 1. The van der Waals surface area contributed by atoms with Gasteiger partial charge >= 0.3 is 0 Å². The van der Waals surface area contributed by atoms with E-state index in [1.165, 1.54) is 4.79 Å². The van der Waals surface area contributed by atoms with Crippen molar-refractivity contribution in [1.82, 2.24) is 20.3 Å². The first-order valence-electron chi connectivity index (χ1n) is 6.96. The average Bonchev–Trinajstić information content (AvgIpc) is 2.98. The quantitative estimate of drug-likeness (QED) is 0.720. The van der Waals surface area contributed by atoms with Gasteiger partial charge in [-0.2, -0.15) is 0 Å². The van der Waals surface area contributed by atoms with Gasteiger partial charge in [0.05, 0.1) is 6.54 Å². The number of nitrogens with one attached hydrogen (secondary N) is 1. The molecule has 0 aliphatic rings. The number of benzene rings is 2. The van der Waals surface area contributed by atoms with Crippen molar-refractivity contribution in [2.24, 2.45) is 0 Å². The van der Waals surface area contributed by atoms with Gasteiger partial charge in [0.1, 0.15) is 12.4 Å². The van der Waals surface area contributed by atoms with Gasteiger partial charge in [-0.1, -0.05) is 53.1 Å². The summed E-state index contributed by atoms with van der Waals surface area (Å²) in [7, 11) is 0. The zero-order valence-corrected chi connectivity index (χ0v) is 12.9. The van der Waals surface area contributed by atoms with Crippen molar-refractivity contribution >= 4 is 17.5 Å². The molecular weight excluding hydrogens is 316 g/mol. The zero-order valence-electron chi connectivity index (χ0n) is 12.2. The van der Waals surface area contributed by atoms with Crippen LogP contribution in [0.4, 0.5) is 5.95 Å². The lowest BCUT2D eigenvalue weighted by atomic mass is 10.2. The second-order valence-electron chi connectivity index (χ2n) is 4.77. The maximum Gasteiger partial charge on any atom is 0.260 e. The van der Waals surface area contributed by atoms with E-state index < -0.39 is 0 Å². The van der Waals surface area contributed by atoms with E-state index in [2.05, 4.69) is 21.0 Å². The predicted molar refractivity (Wildman–Crippen MR) is 87.5 cm³/mol. The topological polar surface area (TPSA) is 90.9 Å². The zero-order chi connectivity index (χ0) is 16.1. The lowest BCUT2D eigenvalue weighted by Crippen LogP contribution is -2.18. The van der Waals surface area contributed by atoms with Gasteiger partial charge in [-0.3, -0.25) is 0 Å². The minimum Gasteiger partial charge on any atom is -0.488 e. The van der Waals surface area contributed by atoms with Crippen molar-refractivity contribution in [3.05, 3.63) is 64.7 Å². The largest absolute Gasteiger partial charge is 0.488 e. The first kappa shape index (κ1) is 15.1. The van der Waals surface area contributed by atoms with Gasteiger partial charge in [0, 0.05) is 16.1 Å². The summed E-state index contributed by atoms with van der Waals surface area (Å²) in [6.07, 6.45) is 0. The number of ether oxygens (including phenoxy) is 1. The fraction of sp³-hybridized carbons (Fsp3) is 0.133. The SMILES string of the molecule is Nc1nnnn1NCc1ccccc1OCc1ccccc1Cl. The Morgan fingerprint density at radius 2 is 1.83 bits per heavy atom. The summed E-state index contributed by atoms with van der Waals surface area (Å²) in [6.45, 7) is 0.859. The molecule has 0 spiro atoms. The van der Waals surface area contributed by atoms with Gasteiger partial charge in [-0.25, -0.2) is 0 Å². The molecule has 3 rings (SSSR count). The van der Waals surface area contributed by atoms with Gasteiger partial charge in [-0.05, 0) is 22.6 Å². The van der Waals surface area contributed by atoms with Crippen LogP contribution in [0.2, 0.25) is 5.02 Å². The Morgan fingerprint density at radius 3 is 2.57 bits per heavy atom. The Labute approximate surface area is 138 Å². The molecule has 0 aliphatic carbocycles. The molecule has 2 aromatic carbocycles. The van der Waals surface area contributed by atoms with Crippen molar-refractivity contribution in [2.75, 3.05) is 11.2 Å². The maximum absolute atomic E-state index is 6.14. The Balaban J connectivity index is 1.68. The van der Waals surface area contributed by atoms with Crippen LogP contribution in [0.1, 0.15) is 11.1 Å². The van der Waals surface area contributed by atoms with Gasteiger partial charge < -0.3 is 15.9 Å². The van der Waals surface area contributed by atoms with Crippen LogP contribution in [0, 0.1) is 0 Å². The number of hydrogen-bond acceptors (Lipinski definition) is 6. The van der Waals surface area contributed by atoms with Crippen LogP contribution in [-0.2, 0) is 13.2 Å². The number of halogens is 1. The van der Waals surface area contributed by atoms with Gasteiger partial charge in [0.25, 0.3) is 5.95 Å². The Hall–Kier alpha value is -2.80. The van der Waals surface area contributed by atoms with E-state index in [0.717, 1.165) is 16.9 Å². The summed E-state index contributed by atoms with van der Waals surface area (Å²) in [5.41, 5.74) is 10.5. The molecule has 8 heteroatoms.